The Kier molecular flexibility index (Phi) is 8.35. The number of nitrogens with zero attached hydrogens (tertiary/aromatic N) is 1. The van der Waals surface area contributed by atoms with Gasteiger partial charge in [0.1, 0.15) is 11.8 Å². The molecular weight excluding hydrogens is 412 g/mol. The predicted octanol–water partition coefficient (Wildman–Crippen LogP) is 4.89. The summed E-state index contributed by atoms with van der Waals surface area (Å²) in [5.74, 6) is 0.218. The monoisotopic (exact) mass is 442 g/mol. The van der Waals surface area contributed by atoms with E-state index < -0.39 is 6.04 Å². The van der Waals surface area contributed by atoms with Crippen molar-refractivity contribution in [1.29, 1.82) is 0 Å². The third-order valence-electron chi connectivity index (χ3n) is 5.85. The fourth-order valence-electron chi connectivity index (χ4n) is 4.04. The minimum Gasteiger partial charge on any atom is -0.484 e. The van der Waals surface area contributed by atoms with Crippen LogP contribution in [0.2, 0.25) is 5.02 Å². The van der Waals surface area contributed by atoms with Crippen LogP contribution in [0.3, 0.4) is 0 Å². The number of hydrogen-bond acceptors (Lipinski definition) is 3. The lowest BCUT2D eigenvalue weighted by Gasteiger charge is -2.32. The Morgan fingerprint density at radius 3 is 2.58 bits per heavy atom. The summed E-state index contributed by atoms with van der Waals surface area (Å²) in [4.78, 5) is 28.0. The van der Waals surface area contributed by atoms with Gasteiger partial charge in [-0.05, 0) is 55.5 Å². The molecule has 1 N–H and O–H groups in total. The molecule has 5 nitrogen and oxygen atoms in total. The Hall–Kier alpha value is -2.53. The fourth-order valence-corrected chi connectivity index (χ4v) is 4.22. The summed E-state index contributed by atoms with van der Waals surface area (Å²) in [6.07, 6.45) is 4.83. The van der Waals surface area contributed by atoms with Crippen LogP contribution in [0.5, 0.6) is 5.75 Å². The Labute approximate surface area is 189 Å². The number of amides is 2. The molecule has 0 aromatic heterocycles. The Balaban J connectivity index is 1.77. The number of benzene rings is 2. The number of carbonyl (C=O) groups excluding carboxylic acids is 2. The van der Waals surface area contributed by atoms with Gasteiger partial charge in [-0.2, -0.15) is 0 Å². The molecule has 0 spiro atoms. The highest BCUT2D eigenvalue weighted by Crippen LogP contribution is 2.21. The van der Waals surface area contributed by atoms with Crippen LogP contribution in [0.1, 0.15) is 50.2 Å². The van der Waals surface area contributed by atoms with Gasteiger partial charge in [0.25, 0.3) is 5.91 Å². The average Bonchev–Trinajstić information content (AvgIpc) is 3.26. The van der Waals surface area contributed by atoms with E-state index in [1.807, 2.05) is 38.1 Å². The second kappa shape index (κ2) is 11.2. The normalized spacial score (nSPS) is 14.8. The van der Waals surface area contributed by atoms with E-state index in [2.05, 4.69) is 5.32 Å². The highest BCUT2D eigenvalue weighted by molar-refractivity contribution is 6.30. The maximum atomic E-state index is 13.2. The summed E-state index contributed by atoms with van der Waals surface area (Å²) in [7, 11) is 0. The molecular formula is C25H31ClN2O3. The van der Waals surface area contributed by atoms with Crippen LogP contribution in [-0.2, 0) is 16.1 Å². The fraction of sp³-hybridized carbons (Fsp3) is 0.440. The molecule has 2 aromatic carbocycles. The third-order valence-corrected chi connectivity index (χ3v) is 6.08. The first kappa shape index (κ1) is 23.1. The largest absolute Gasteiger partial charge is 0.484 e. The number of hydrogen-bond donors (Lipinski definition) is 1. The van der Waals surface area contributed by atoms with Crippen LogP contribution >= 0.6 is 11.6 Å². The van der Waals surface area contributed by atoms with Gasteiger partial charge in [-0.1, -0.05) is 61.7 Å². The zero-order valence-electron chi connectivity index (χ0n) is 18.3. The first-order valence-electron chi connectivity index (χ1n) is 11.0. The predicted molar refractivity (Wildman–Crippen MR) is 123 cm³/mol. The molecule has 2 amide bonds. The lowest BCUT2D eigenvalue weighted by molar-refractivity contribution is -0.143. The summed E-state index contributed by atoms with van der Waals surface area (Å²) < 4.78 is 5.70. The molecule has 3 rings (SSSR count). The molecule has 0 aliphatic heterocycles. The molecule has 166 valence electrons. The van der Waals surface area contributed by atoms with E-state index in [4.69, 9.17) is 16.3 Å². The molecule has 0 bridgehead atoms. The lowest BCUT2D eigenvalue weighted by atomic mass is 10.1. The smallest absolute Gasteiger partial charge is 0.261 e. The van der Waals surface area contributed by atoms with E-state index in [1.54, 1.807) is 29.2 Å². The molecule has 31 heavy (non-hydrogen) atoms. The van der Waals surface area contributed by atoms with Crippen molar-refractivity contribution in [3.63, 3.8) is 0 Å². The maximum Gasteiger partial charge on any atom is 0.261 e. The minimum absolute atomic E-state index is 0.0842. The summed E-state index contributed by atoms with van der Waals surface area (Å²) >= 11 is 6.01. The Morgan fingerprint density at radius 2 is 1.90 bits per heavy atom. The highest BCUT2D eigenvalue weighted by Gasteiger charge is 2.31. The highest BCUT2D eigenvalue weighted by atomic mass is 35.5. The van der Waals surface area contributed by atoms with Gasteiger partial charge in [-0.25, -0.2) is 0 Å². The van der Waals surface area contributed by atoms with Crippen LogP contribution in [0.4, 0.5) is 0 Å². The zero-order valence-corrected chi connectivity index (χ0v) is 19.0. The van der Waals surface area contributed by atoms with Crippen molar-refractivity contribution >= 4 is 23.4 Å². The standard InChI is InChI=1S/C25H31ClN2O3/c1-3-23(25(30)27-21-12-6-7-13-21)28(16-19-10-5-4-9-18(19)2)24(29)17-31-22-14-8-11-20(26)15-22/h4-5,8-11,14-15,21,23H,3,6-7,12-13,16-17H2,1-2H3,(H,27,30)/t23-/m0/s1. The zero-order chi connectivity index (χ0) is 22.2. The summed E-state index contributed by atoms with van der Waals surface area (Å²) in [5.41, 5.74) is 2.10. The molecule has 0 unspecified atom stereocenters. The van der Waals surface area contributed by atoms with E-state index in [-0.39, 0.29) is 24.5 Å². The Morgan fingerprint density at radius 1 is 1.16 bits per heavy atom. The molecule has 1 aliphatic carbocycles. The van der Waals surface area contributed by atoms with E-state index >= 15 is 0 Å². The van der Waals surface area contributed by atoms with Crippen LogP contribution < -0.4 is 10.1 Å². The van der Waals surface area contributed by atoms with E-state index in [0.717, 1.165) is 36.8 Å². The molecule has 1 aliphatic rings. The molecule has 0 saturated heterocycles. The summed E-state index contributed by atoms with van der Waals surface area (Å²) in [6, 6.07) is 14.5. The van der Waals surface area contributed by atoms with Crippen molar-refractivity contribution in [3.05, 3.63) is 64.7 Å². The van der Waals surface area contributed by atoms with Crippen LogP contribution in [0.15, 0.2) is 48.5 Å². The quantitative estimate of drug-likeness (QED) is 0.601. The number of ether oxygens (including phenoxy) is 1. The van der Waals surface area contributed by atoms with Crippen molar-refractivity contribution in [1.82, 2.24) is 10.2 Å². The topological polar surface area (TPSA) is 58.6 Å². The first-order valence-corrected chi connectivity index (χ1v) is 11.4. The number of rotatable bonds is 9. The van der Waals surface area contributed by atoms with Crippen molar-refractivity contribution in [2.24, 2.45) is 0 Å². The molecule has 0 heterocycles. The summed E-state index contributed by atoms with van der Waals surface area (Å²) in [6.45, 7) is 4.16. The second-order valence-electron chi connectivity index (χ2n) is 8.11. The SMILES string of the molecule is CC[C@@H](C(=O)NC1CCCC1)N(Cc1ccccc1C)C(=O)COc1cccc(Cl)c1. The van der Waals surface area contributed by atoms with Gasteiger partial charge in [-0.3, -0.25) is 9.59 Å². The Bertz CT molecular complexity index is 896. The lowest BCUT2D eigenvalue weighted by Crippen LogP contribution is -2.52. The van der Waals surface area contributed by atoms with Crippen molar-refractivity contribution in [2.45, 2.75) is 64.6 Å². The second-order valence-corrected chi connectivity index (χ2v) is 8.54. The molecule has 1 saturated carbocycles. The minimum atomic E-state index is -0.546. The van der Waals surface area contributed by atoms with Crippen LogP contribution in [0, 0.1) is 6.92 Å². The van der Waals surface area contributed by atoms with Crippen molar-refractivity contribution < 1.29 is 14.3 Å². The third kappa shape index (κ3) is 6.47. The van der Waals surface area contributed by atoms with Crippen molar-refractivity contribution in [3.8, 4) is 5.75 Å². The number of carbonyl (C=O) groups is 2. The average molecular weight is 443 g/mol. The van der Waals surface area contributed by atoms with Gasteiger partial charge in [-0.15, -0.1) is 0 Å². The molecule has 0 radical (unpaired) electrons. The summed E-state index contributed by atoms with van der Waals surface area (Å²) in [5, 5.41) is 3.70. The molecule has 1 fully saturated rings. The van der Waals surface area contributed by atoms with Gasteiger partial charge in [0.2, 0.25) is 5.91 Å². The van der Waals surface area contributed by atoms with E-state index in [0.29, 0.717) is 23.7 Å². The molecule has 6 heteroatoms. The van der Waals surface area contributed by atoms with Crippen LogP contribution in [-0.4, -0.2) is 35.4 Å². The number of nitrogens with one attached hydrogen (secondary N) is 1. The van der Waals surface area contributed by atoms with Crippen LogP contribution in [0.25, 0.3) is 0 Å². The van der Waals surface area contributed by atoms with Gasteiger partial charge in [0.15, 0.2) is 6.61 Å². The van der Waals surface area contributed by atoms with E-state index in [1.165, 1.54) is 0 Å². The number of aryl methyl sites for hydroxylation is 1. The molecule has 2 aromatic rings. The maximum absolute atomic E-state index is 13.2. The number of halogens is 1. The van der Waals surface area contributed by atoms with Gasteiger partial charge in [0.05, 0.1) is 0 Å². The molecule has 1 atom stereocenters. The van der Waals surface area contributed by atoms with E-state index in [9.17, 15) is 9.59 Å². The first-order chi connectivity index (χ1) is 15.0. The van der Waals surface area contributed by atoms with Gasteiger partial charge < -0.3 is 15.0 Å². The van der Waals surface area contributed by atoms with Crippen molar-refractivity contribution in [2.75, 3.05) is 6.61 Å². The van der Waals surface area contributed by atoms with Gasteiger partial charge >= 0.3 is 0 Å². The van der Waals surface area contributed by atoms with Gasteiger partial charge in [0, 0.05) is 17.6 Å².